The normalized spacial score (nSPS) is 21.1. The van der Waals surface area contributed by atoms with Gasteiger partial charge in [0.1, 0.15) is 5.78 Å². The van der Waals surface area contributed by atoms with Crippen LogP contribution in [-0.4, -0.2) is 38.9 Å². The Balaban J connectivity index is 1.73. The number of anilines is 1. The van der Waals surface area contributed by atoms with Gasteiger partial charge in [0.05, 0.1) is 16.0 Å². The number of benzene rings is 1. The number of hydrogen-bond acceptors (Lipinski definition) is 5. The first-order chi connectivity index (χ1) is 12.2. The second-order valence-corrected chi connectivity index (χ2v) is 8.16. The van der Waals surface area contributed by atoms with Crippen LogP contribution in [0.5, 0.6) is 0 Å². The fraction of sp³-hybridized carbons (Fsp3) is 0.500. The van der Waals surface area contributed by atoms with E-state index in [0.29, 0.717) is 17.2 Å². The van der Waals surface area contributed by atoms with Gasteiger partial charge in [-0.3, -0.25) is 9.36 Å². The number of Topliss-reactive ketones (excluding diaryl/α,β-unsaturated/α-hetero) is 1. The lowest BCUT2D eigenvalue weighted by Crippen LogP contribution is -2.23. The molecule has 0 spiro atoms. The third kappa shape index (κ3) is 3.42. The monoisotopic (exact) mass is 376 g/mol. The Morgan fingerprint density at radius 2 is 1.88 bits per heavy atom. The average molecular weight is 377 g/mol. The zero-order valence-corrected chi connectivity index (χ0v) is 15.6. The second kappa shape index (κ2) is 7.38. The molecule has 0 unspecified atom stereocenters. The Bertz CT molecular complexity index is 772. The van der Waals surface area contributed by atoms with Gasteiger partial charge in [0, 0.05) is 19.5 Å². The number of hydrogen-bond donors (Lipinski definition) is 0. The molecule has 5 nitrogen and oxygen atoms in total. The first kappa shape index (κ1) is 16.9. The van der Waals surface area contributed by atoms with E-state index in [2.05, 4.69) is 15.1 Å². The third-order valence-electron chi connectivity index (χ3n) is 4.84. The number of rotatable bonds is 4. The first-order valence-corrected chi connectivity index (χ1v) is 10.1. The Labute approximate surface area is 156 Å². The standard InChI is InChI=1S/C18H21ClN4OS/c19-13-7-1-2-8-14(13)23-17(22-11-5-6-12-22)20-21-18(23)25-16-10-4-3-9-15(16)24/h1-2,7-8,16H,3-6,9-12H2/t16-/m0/s1. The van der Waals surface area contributed by atoms with Gasteiger partial charge in [-0.05, 0) is 37.8 Å². The van der Waals surface area contributed by atoms with Crippen LogP contribution in [-0.2, 0) is 4.79 Å². The van der Waals surface area contributed by atoms with E-state index in [-0.39, 0.29) is 5.25 Å². The van der Waals surface area contributed by atoms with Gasteiger partial charge in [-0.2, -0.15) is 0 Å². The number of halogens is 1. The van der Waals surface area contributed by atoms with Gasteiger partial charge >= 0.3 is 0 Å². The molecular formula is C18H21ClN4OS. The lowest BCUT2D eigenvalue weighted by atomic mass is 9.99. The molecule has 25 heavy (non-hydrogen) atoms. The first-order valence-electron chi connectivity index (χ1n) is 8.88. The molecule has 2 aliphatic rings. The van der Waals surface area contributed by atoms with Crippen molar-refractivity contribution in [1.82, 2.24) is 14.8 Å². The number of thioether (sulfide) groups is 1. The molecule has 1 aliphatic carbocycles. The minimum Gasteiger partial charge on any atom is -0.341 e. The number of carbonyl (C=O) groups excluding carboxylic acids is 1. The SMILES string of the molecule is O=C1CCCC[C@@H]1Sc1nnc(N2CCCC2)n1-c1ccccc1Cl. The van der Waals surface area contributed by atoms with Crippen molar-refractivity contribution in [3.05, 3.63) is 29.3 Å². The van der Waals surface area contributed by atoms with Gasteiger partial charge in [0.2, 0.25) is 5.95 Å². The molecule has 1 aromatic heterocycles. The molecule has 1 saturated heterocycles. The maximum Gasteiger partial charge on any atom is 0.232 e. The number of nitrogens with zero attached hydrogens (tertiary/aromatic N) is 4. The number of aromatic nitrogens is 3. The highest BCUT2D eigenvalue weighted by atomic mass is 35.5. The highest BCUT2D eigenvalue weighted by Gasteiger charge is 2.29. The molecule has 1 atom stereocenters. The zero-order valence-electron chi connectivity index (χ0n) is 14.0. The molecule has 2 heterocycles. The lowest BCUT2D eigenvalue weighted by Gasteiger charge is -2.22. The van der Waals surface area contributed by atoms with Gasteiger partial charge in [-0.1, -0.05) is 41.9 Å². The summed E-state index contributed by atoms with van der Waals surface area (Å²) in [5.74, 6) is 1.16. The molecule has 7 heteroatoms. The van der Waals surface area contributed by atoms with E-state index in [1.807, 2.05) is 28.8 Å². The van der Waals surface area contributed by atoms with E-state index in [4.69, 9.17) is 11.6 Å². The van der Waals surface area contributed by atoms with Gasteiger partial charge in [-0.25, -0.2) is 0 Å². The van der Waals surface area contributed by atoms with Crippen molar-refractivity contribution >= 4 is 35.1 Å². The minimum atomic E-state index is -0.0226. The minimum absolute atomic E-state index is 0.0226. The highest BCUT2D eigenvalue weighted by Crippen LogP contribution is 2.36. The van der Waals surface area contributed by atoms with Crippen molar-refractivity contribution in [2.45, 2.75) is 48.9 Å². The molecule has 1 saturated carbocycles. The van der Waals surface area contributed by atoms with Crippen molar-refractivity contribution in [3.63, 3.8) is 0 Å². The molecule has 1 aromatic carbocycles. The van der Waals surface area contributed by atoms with E-state index in [0.717, 1.165) is 49.1 Å². The van der Waals surface area contributed by atoms with Crippen LogP contribution in [0.2, 0.25) is 5.02 Å². The van der Waals surface area contributed by atoms with Crippen molar-refractivity contribution in [1.29, 1.82) is 0 Å². The summed E-state index contributed by atoms with van der Waals surface area (Å²) in [6.07, 6.45) is 6.03. The summed E-state index contributed by atoms with van der Waals surface area (Å²) < 4.78 is 2.03. The quantitative estimate of drug-likeness (QED) is 0.803. The maximum atomic E-state index is 12.3. The summed E-state index contributed by atoms with van der Waals surface area (Å²) in [5, 5.41) is 10.3. The predicted molar refractivity (Wildman–Crippen MR) is 101 cm³/mol. The Morgan fingerprint density at radius 3 is 2.64 bits per heavy atom. The van der Waals surface area contributed by atoms with Crippen molar-refractivity contribution in [2.75, 3.05) is 18.0 Å². The van der Waals surface area contributed by atoms with Crippen LogP contribution in [0.25, 0.3) is 5.69 Å². The molecule has 1 aliphatic heterocycles. The summed E-state index contributed by atoms with van der Waals surface area (Å²) >= 11 is 8.00. The number of carbonyl (C=O) groups is 1. The van der Waals surface area contributed by atoms with Crippen LogP contribution >= 0.6 is 23.4 Å². The smallest absolute Gasteiger partial charge is 0.232 e. The number of para-hydroxylation sites is 1. The van der Waals surface area contributed by atoms with Gasteiger partial charge < -0.3 is 4.90 Å². The van der Waals surface area contributed by atoms with Crippen LogP contribution in [0.4, 0.5) is 5.95 Å². The van der Waals surface area contributed by atoms with Gasteiger partial charge in [-0.15, -0.1) is 10.2 Å². The molecule has 0 radical (unpaired) electrons. The summed E-state index contributed by atoms with van der Waals surface area (Å²) in [5.41, 5.74) is 0.877. The van der Waals surface area contributed by atoms with Crippen molar-refractivity contribution in [2.24, 2.45) is 0 Å². The van der Waals surface area contributed by atoms with E-state index in [1.165, 1.54) is 24.6 Å². The second-order valence-electron chi connectivity index (χ2n) is 6.58. The van der Waals surface area contributed by atoms with Gasteiger partial charge in [0.25, 0.3) is 0 Å². The van der Waals surface area contributed by atoms with E-state index in [9.17, 15) is 4.79 Å². The van der Waals surface area contributed by atoms with Crippen LogP contribution in [0.15, 0.2) is 29.4 Å². The van der Waals surface area contributed by atoms with Gasteiger partial charge in [0.15, 0.2) is 5.16 Å². The zero-order chi connectivity index (χ0) is 17.2. The fourth-order valence-corrected chi connectivity index (χ4v) is 4.89. The van der Waals surface area contributed by atoms with E-state index < -0.39 is 0 Å². The summed E-state index contributed by atoms with van der Waals surface area (Å²) in [6, 6.07) is 7.75. The molecule has 4 rings (SSSR count). The molecule has 0 bridgehead atoms. The van der Waals surface area contributed by atoms with E-state index in [1.54, 1.807) is 0 Å². The van der Waals surface area contributed by atoms with Crippen molar-refractivity contribution in [3.8, 4) is 5.69 Å². The van der Waals surface area contributed by atoms with Crippen LogP contribution in [0.1, 0.15) is 38.5 Å². The van der Waals surface area contributed by atoms with Crippen molar-refractivity contribution < 1.29 is 4.79 Å². The van der Waals surface area contributed by atoms with Crippen LogP contribution < -0.4 is 4.90 Å². The Morgan fingerprint density at radius 1 is 1.08 bits per heavy atom. The molecule has 0 N–H and O–H groups in total. The topological polar surface area (TPSA) is 51.0 Å². The predicted octanol–water partition coefficient (Wildman–Crippen LogP) is 4.12. The molecule has 2 aromatic rings. The Kier molecular flexibility index (Phi) is 4.99. The molecule has 132 valence electrons. The van der Waals surface area contributed by atoms with Crippen LogP contribution in [0.3, 0.4) is 0 Å². The molecular weight excluding hydrogens is 356 g/mol. The summed E-state index contributed by atoms with van der Waals surface area (Å²) in [7, 11) is 0. The highest BCUT2D eigenvalue weighted by molar-refractivity contribution is 8.00. The maximum absolute atomic E-state index is 12.3. The molecule has 2 fully saturated rings. The fourth-order valence-electron chi connectivity index (χ4n) is 3.51. The van der Waals surface area contributed by atoms with E-state index >= 15 is 0 Å². The summed E-state index contributed by atoms with van der Waals surface area (Å²) in [6.45, 7) is 1.96. The van der Waals surface area contributed by atoms with Crippen LogP contribution in [0, 0.1) is 0 Å². The largest absolute Gasteiger partial charge is 0.341 e. The third-order valence-corrected chi connectivity index (χ3v) is 6.42. The summed E-state index contributed by atoms with van der Waals surface area (Å²) in [4.78, 5) is 14.5. The Hall–Kier alpha value is -1.53. The number of ketones is 1. The lowest BCUT2D eigenvalue weighted by molar-refractivity contribution is -0.119. The molecule has 0 amide bonds. The average Bonchev–Trinajstić information content (AvgIpc) is 3.27.